The number of benzene rings is 1. The van der Waals surface area contributed by atoms with Crippen LogP contribution in [0.5, 0.6) is 5.75 Å². The first-order chi connectivity index (χ1) is 16.9. The Kier molecular flexibility index (Phi) is 18.2. The maximum absolute atomic E-state index is 11.5. The summed E-state index contributed by atoms with van der Waals surface area (Å²) in [5, 5.41) is 2.64. The summed E-state index contributed by atoms with van der Waals surface area (Å²) in [7, 11) is 0. The Morgan fingerprint density at radius 3 is 1.89 bits per heavy atom. The number of hydrogen-bond donors (Lipinski definition) is 1. The number of alkyl carbamates (subject to hydrolysis) is 1. The van der Waals surface area contributed by atoms with Gasteiger partial charge in [-0.05, 0) is 51.3 Å². The van der Waals surface area contributed by atoms with Crippen LogP contribution in [0.4, 0.5) is 4.79 Å². The van der Waals surface area contributed by atoms with Crippen molar-refractivity contribution >= 4 is 6.09 Å². The van der Waals surface area contributed by atoms with Crippen molar-refractivity contribution in [2.75, 3.05) is 52.8 Å². The zero-order valence-electron chi connectivity index (χ0n) is 22.6. The molecule has 1 aromatic carbocycles. The summed E-state index contributed by atoms with van der Waals surface area (Å²) in [6, 6.07) is 8.42. The lowest BCUT2D eigenvalue weighted by Gasteiger charge is -2.19. The van der Waals surface area contributed by atoms with Crippen molar-refractivity contribution in [1.29, 1.82) is 0 Å². The number of carbonyl (C=O) groups is 1. The second kappa shape index (κ2) is 20.4. The van der Waals surface area contributed by atoms with Crippen molar-refractivity contribution in [1.82, 2.24) is 5.32 Å². The summed E-state index contributed by atoms with van der Waals surface area (Å²) in [6.07, 6.45) is 10.1. The molecule has 35 heavy (non-hydrogen) atoms. The molecule has 0 aliphatic rings. The van der Waals surface area contributed by atoms with Gasteiger partial charge in [0.2, 0.25) is 0 Å². The fourth-order valence-electron chi connectivity index (χ4n) is 3.34. The number of unbranched alkanes of at least 4 members (excludes halogenated alkanes) is 6. The van der Waals surface area contributed by atoms with E-state index in [1.54, 1.807) is 0 Å². The van der Waals surface area contributed by atoms with Gasteiger partial charge in [-0.25, -0.2) is 4.79 Å². The van der Waals surface area contributed by atoms with Crippen LogP contribution in [-0.2, 0) is 25.4 Å². The molecule has 0 aromatic heterocycles. The second-order valence-corrected chi connectivity index (χ2v) is 9.63. The molecule has 0 fully saturated rings. The third-order valence-corrected chi connectivity index (χ3v) is 5.15. The van der Waals surface area contributed by atoms with Crippen LogP contribution in [0.15, 0.2) is 24.3 Å². The lowest BCUT2D eigenvalue weighted by molar-refractivity contribution is 0.00904. The van der Waals surface area contributed by atoms with Gasteiger partial charge < -0.3 is 29.0 Å². The standard InChI is InChI=1S/C28H49NO6/c1-5-6-7-8-9-10-11-12-25-13-15-26(16-14-25)34-24-23-33-22-21-32-20-19-31-18-17-29-27(30)35-28(2,3)4/h13-16H,5-12,17-24H2,1-4H3,(H,29,30). The van der Waals surface area contributed by atoms with E-state index >= 15 is 0 Å². The summed E-state index contributed by atoms with van der Waals surface area (Å²) in [5.41, 5.74) is 0.882. The van der Waals surface area contributed by atoms with Gasteiger partial charge in [0, 0.05) is 6.54 Å². The average Bonchev–Trinajstić information content (AvgIpc) is 2.81. The van der Waals surface area contributed by atoms with Crippen LogP contribution in [0.2, 0.25) is 0 Å². The lowest BCUT2D eigenvalue weighted by atomic mass is 10.0. The predicted molar refractivity (Wildman–Crippen MR) is 140 cm³/mol. The van der Waals surface area contributed by atoms with E-state index in [0.717, 1.165) is 12.2 Å². The Bertz CT molecular complexity index is 629. The highest BCUT2D eigenvalue weighted by Gasteiger charge is 2.15. The van der Waals surface area contributed by atoms with Crippen LogP contribution in [0.25, 0.3) is 0 Å². The third-order valence-electron chi connectivity index (χ3n) is 5.15. The summed E-state index contributed by atoms with van der Waals surface area (Å²) >= 11 is 0. The average molecular weight is 496 g/mol. The number of aryl methyl sites for hydroxylation is 1. The fraction of sp³-hybridized carbons (Fsp3) is 0.750. The highest BCUT2D eigenvalue weighted by Crippen LogP contribution is 2.15. The van der Waals surface area contributed by atoms with Gasteiger partial charge in [-0.3, -0.25) is 0 Å². The van der Waals surface area contributed by atoms with Crippen LogP contribution in [-0.4, -0.2) is 64.5 Å². The molecule has 202 valence electrons. The molecule has 0 bridgehead atoms. The Hall–Kier alpha value is -1.83. The number of ether oxygens (including phenoxy) is 5. The van der Waals surface area contributed by atoms with Crippen molar-refractivity contribution in [3.63, 3.8) is 0 Å². The van der Waals surface area contributed by atoms with Crippen molar-refractivity contribution in [3.05, 3.63) is 29.8 Å². The maximum Gasteiger partial charge on any atom is 0.407 e. The molecule has 0 heterocycles. The molecule has 1 N–H and O–H groups in total. The van der Waals surface area contributed by atoms with Crippen LogP contribution < -0.4 is 10.1 Å². The zero-order chi connectivity index (χ0) is 25.6. The molecule has 0 unspecified atom stereocenters. The summed E-state index contributed by atoms with van der Waals surface area (Å²) in [6.45, 7) is 11.6. The molecule has 1 aromatic rings. The predicted octanol–water partition coefficient (Wildman–Crippen LogP) is 5.93. The number of nitrogens with one attached hydrogen (secondary N) is 1. The van der Waals surface area contributed by atoms with Gasteiger partial charge in [0.15, 0.2) is 0 Å². The number of hydrogen-bond acceptors (Lipinski definition) is 6. The molecule has 0 radical (unpaired) electrons. The maximum atomic E-state index is 11.5. The zero-order valence-corrected chi connectivity index (χ0v) is 22.6. The molecular formula is C28H49NO6. The van der Waals surface area contributed by atoms with E-state index in [2.05, 4.69) is 24.4 Å². The largest absolute Gasteiger partial charge is 0.491 e. The van der Waals surface area contributed by atoms with Crippen LogP contribution in [0.3, 0.4) is 0 Å². The minimum Gasteiger partial charge on any atom is -0.491 e. The summed E-state index contributed by atoms with van der Waals surface area (Å²) < 4.78 is 27.3. The first kappa shape index (κ1) is 31.2. The molecule has 7 nitrogen and oxygen atoms in total. The van der Waals surface area contributed by atoms with Crippen molar-refractivity contribution in [2.45, 2.75) is 84.7 Å². The Morgan fingerprint density at radius 2 is 1.29 bits per heavy atom. The van der Waals surface area contributed by atoms with E-state index in [4.69, 9.17) is 23.7 Å². The first-order valence-corrected chi connectivity index (χ1v) is 13.3. The highest BCUT2D eigenvalue weighted by atomic mass is 16.6. The smallest absolute Gasteiger partial charge is 0.407 e. The Morgan fingerprint density at radius 1 is 0.743 bits per heavy atom. The highest BCUT2D eigenvalue weighted by molar-refractivity contribution is 5.67. The van der Waals surface area contributed by atoms with Gasteiger partial charge >= 0.3 is 6.09 Å². The molecule has 0 aliphatic carbocycles. The van der Waals surface area contributed by atoms with E-state index < -0.39 is 11.7 Å². The van der Waals surface area contributed by atoms with Crippen LogP contribution in [0, 0.1) is 0 Å². The molecule has 1 amide bonds. The molecule has 0 saturated heterocycles. The minimum atomic E-state index is -0.495. The molecule has 7 heteroatoms. The van der Waals surface area contributed by atoms with E-state index in [9.17, 15) is 4.79 Å². The van der Waals surface area contributed by atoms with Crippen LogP contribution in [0.1, 0.15) is 78.2 Å². The molecule has 0 aliphatic heterocycles. The third kappa shape index (κ3) is 20.1. The lowest BCUT2D eigenvalue weighted by Crippen LogP contribution is -2.34. The number of rotatable bonds is 21. The van der Waals surface area contributed by atoms with Gasteiger partial charge in [0.25, 0.3) is 0 Å². The van der Waals surface area contributed by atoms with Gasteiger partial charge in [-0.15, -0.1) is 0 Å². The molecule has 0 spiro atoms. The molecule has 0 saturated carbocycles. The van der Waals surface area contributed by atoms with Crippen molar-refractivity contribution < 1.29 is 28.5 Å². The van der Waals surface area contributed by atoms with E-state index in [1.807, 2.05) is 32.9 Å². The SMILES string of the molecule is CCCCCCCCCc1ccc(OCCOCCOCCOCCNC(=O)OC(C)(C)C)cc1. The van der Waals surface area contributed by atoms with E-state index in [0.29, 0.717) is 52.8 Å². The second-order valence-electron chi connectivity index (χ2n) is 9.63. The number of carbonyl (C=O) groups excluding carboxylic acids is 1. The summed E-state index contributed by atoms with van der Waals surface area (Å²) in [5.74, 6) is 0.881. The number of amides is 1. The van der Waals surface area contributed by atoms with Crippen molar-refractivity contribution in [2.24, 2.45) is 0 Å². The Balaban J connectivity index is 1.88. The van der Waals surface area contributed by atoms with Gasteiger partial charge in [-0.1, -0.05) is 57.6 Å². The van der Waals surface area contributed by atoms with Crippen LogP contribution >= 0.6 is 0 Å². The Labute approximate surface area is 213 Å². The van der Waals surface area contributed by atoms with Gasteiger partial charge in [0.1, 0.15) is 18.0 Å². The topological polar surface area (TPSA) is 75.3 Å². The first-order valence-electron chi connectivity index (χ1n) is 13.3. The minimum absolute atomic E-state index is 0.403. The molecular weight excluding hydrogens is 446 g/mol. The van der Waals surface area contributed by atoms with Gasteiger partial charge in [0.05, 0.1) is 39.6 Å². The van der Waals surface area contributed by atoms with E-state index in [1.165, 1.54) is 50.5 Å². The monoisotopic (exact) mass is 495 g/mol. The molecule has 0 atom stereocenters. The summed E-state index contributed by atoms with van der Waals surface area (Å²) in [4.78, 5) is 11.5. The normalized spacial score (nSPS) is 11.4. The molecule has 1 rings (SSSR count). The quantitative estimate of drug-likeness (QED) is 0.213. The van der Waals surface area contributed by atoms with Crippen molar-refractivity contribution in [3.8, 4) is 5.75 Å². The van der Waals surface area contributed by atoms with Gasteiger partial charge in [-0.2, -0.15) is 0 Å². The van der Waals surface area contributed by atoms with E-state index in [-0.39, 0.29) is 0 Å². The fourth-order valence-corrected chi connectivity index (χ4v) is 3.34.